The molecule has 0 radical (unpaired) electrons. The Morgan fingerprint density at radius 3 is 2.41 bits per heavy atom. The minimum Gasteiger partial charge on any atom is -0.369 e. The van der Waals surface area contributed by atoms with E-state index >= 15 is 0 Å². The van der Waals surface area contributed by atoms with Crippen LogP contribution in [0, 0.1) is 3.57 Å². The van der Waals surface area contributed by atoms with Gasteiger partial charge in [-0.1, -0.05) is 6.58 Å². The number of rotatable bonds is 7. The number of likely N-dealkylation sites (N-methyl/N-ethyl adjacent to an activating group) is 1. The molecular formula is C19H28IN5O2. The van der Waals surface area contributed by atoms with E-state index in [-0.39, 0.29) is 0 Å². The van der Waals surface area contributed by atoms with Crippen LogP contribution < -0.4 is 10.7 Å². The van der Waals surface area contributed by atoms with Crippen molar-refractivity contribution in [3.63, 3.8) is 0 Å². The number of nitrogens with zero attached hydrogens (tertiary/aromatic N) is 4. The number of halogens is 1. The summed E-state index contributed by atoms with van der Waals surface area (Å²) in [6, 6.07) is 8.13. The first-order chi connectivity index (χ1) is 12.9. The summed E-state index contributed by atoms with van der Waals surface area (Å²) in [5.41, 5.74) is 1.28. The third kappa shape index (κ3) is 6.47. The Bertz CT molecular complexity index is 644. The van der Waals surface area contributed by atoms with Gasteiger partial charge < -0.3 is 4.90 Å². The zero-order valence-electron chi connectivity index (χ0n) is 15.8. The molecule has 1 heterocycles. The molecule has 8 heteroatoms. The number of anilines is 1. The van der Waals surface area contributed by atoms with Crippen molar-refractivity contribution in [2.75, 3.05) is 51.2 Å². The molecule has 1 aromatic carbocycles. The summed E-state index contributed by atoms with van der Waals surface area (Å²) in [4.78, 5) is 29.2. The Morgan fingerprint density at radius 2 is 1.81 bits per heavy atom. The van der Waals surface area contributed by atoms with Crippen molar-refractivity contribution < 1.29 is 9.59 Å². The summed E-state index contributed by atoms with van der Waals surface area (Å²) in [6.45, 7) is 8.90. The molecule has 0 aromatic heterocycles. The van der Waals surface area contributed by atoms with Crippen LogP contribution in [-0.4, -0.2) is 73.1 Å². The Labute approximate surface area is 174 Å². The van der Waals surface area contributed by atoms with E-state index in [0.29, 0.717) is 6.54 Å². The second-order valence-corrected chi connectivity index (χ2v) is 7.84. The Morgan fingerprint density at radius 1 is 1.19 bits per heavy atom. The number of piperazine rings is 1. The predicted octanol–water partition coefficient (Wildman–Crippen LogP) is 2.13. The van der Waals surface area contributed by atoms with Gasteiger partial charge in [0.05, 0.1) is 0 Å². The molecule has 0 atom stereocenters. The van der Waals surface area contributed by atoms with Crippen molar-refractivity contribution in [1.82, 2.24) is 14.8 Å². The number of amides is 3. The maximum absolute atomic E-state index is 12.0. The highest BCUT2D eigenvalue weighted by Crippen LogP contribution is 2.18. The maximum Gasteiger partial charge on any atom is 0.340 e. The van der Waals surface area contributed by atoms with Crippen LogP contribution in [0.15, 0.2) is 36.9 Å². The summed E-state index contributed by atoms with van der Waals surface area (Å²) in [6.07, 6.45) is 2.86. The number of carbonyl (C=O) groups is 2. The zero-order valence-corrected chi connectivity index (χ0v) is 18.0. The van der Waals surface area contributed by atoms with E-state index in [1.807, 2.05) is 0 Å². The van der Waals surface area contributed by atoms with Gasteiger partial charge in [-0.15, -0.1) is 0 Å². The van der Waals surface area contributed by atoms with Crippen LogP contribution in [0.3, 0.4) is 0 Å². The number of hydrogen-bond donors (Lipinski definition) is 1. The van der Waals surface area contributed by atoms with Gasteiger partial charge in [0.1, 0.15) is 0 Å². The van der Waals surface area contributed by atoms with Gasteiger partial charge >= 0.3 is 6.03 Å². The SMILES string of the molecule is C=CC(=O)N(C)C(=O)N(N)CCCCN1CCN(c2ccc(I)cc2)CC1. The average Bonchev–Trinajstić information content (AvgIpc) is 2.70. The summed E-state index contributed by atoms with van der Waals surface area (Å²) in [5.74, 6) is 5.30. The normalized spacial score (nSPS) is 14.7. The van der Waals surface area contributed by atoms with Gasteiger partial charge in [-0.05, 0) is 72.3 Å². The number of hydrogen-bond acceptors (Lipinski definition) is 5. The molecule has 2 N–H and O–H groups in total. The fourth-order valence-corrected chi connectivity index (χ4v) is 3.38. The number of benzene rings is 1. The maximum atomic E-state index is 12.0. The van der Waals surface area contributed by atoms with E-state index in [0.717, 1.165) is 61.6 Å². The largest absolute Gasteiger partial charge is 0.369 e. The molecule has 3 amide bonds. The Balaban J connectivity index is 1.64. The molecule has 7 nitrogen and oxygen atoms in total. The average molecular weight is 485 g/mol. The van der Waals surface area contributed by atoms with E-state index in [9.17, 15) is 9.59 Å². The third-order valence-electron chi connectivity index (χ3n) is 4.73. The van der Waals surface area contributed by atoms with Gasteiger partial charge in [0, 0.05) is 49.0 Å². The number of hydrazine groups is 1. The van der Waals surface area contributed by atoms with E-state index in [4.69, 9.17) is 5.84 Å². The highest BCUT2D eigenvalue weighted by atomic mass is 127. The second-order valence-electron chi connectivity index (χ2n) is 6.59. The lowest BCUT2D eigenvalue weighted by Gasteiger charge is -2.36. The number of imide groups is 1. The first-order valence-electron chi connectivity index (χ1n) is 9.11. The summed E-state index contributed by atoms with van der Waals surface area (Å²) >= 11 is 2.32. The van der Waals surface area contributed by atoms with Crippen molar-refractivity contribution in [2.45, 2.75) is 12.8 Å². The van der Waals surface area contributed by atoms with Gasteiger partial charge in [-0.3, -0.25) is 19.6 Å². The van der Waals surface area contributed by atoms with Crippen LogP contribution >= 0.6 is 22.6 Å². The predicted molar refractivity (Wildman–Crippen MR) is 116 cm³/mol. The number of carbonyl (C=O) groups excluding carboxylic acids is 2. The lowest BCUT2D eigenvalue weighted by molar-refractivity contribution is -0.122. The smallest absolute Gasteiger partial charge is 0.340 e. The highest BCUT2D eigenvalue weighted by molar-refractivity contribution is 14.1. The summed E-state index contributed by atoms with van der Waals surface area (Å²) in [5, 5.41) is 1.09. The first-order valence-corrected chi connectivity index (χ1v) is 10.2. The molecule has 27 heavy (non-hydrogen) atoms. The molecule has 1 aliphatic rings. The van der Waals surface area contributed by atoms with Crippen molar-refractivity contribution in [2.24, 2.45) is 5.84 Å². The molecule has 0 saturated carbocycles. The molecule has 0 bridgehead atoms. The quantitative estimate of drug-likeness (QED) is 0.160. The molecule has 0 aliphatic carbocycles. The molecular weight excluding hydrogens is 457 g/mol. The van der Waals surface area contributed by atoms with E-state index in [1.165, 1.54) is 16.3 Å². The Kier molecular flexibility index (Phi) is 8.52. The van der Waals surface area contributed by atoms with E-state index < -0.39 is 11.9 Å². The number of urea groups is 1. The van der Waals surface area contributed by atoms with Crippen LogP contribution in [0.5, 0.6) is 0 Å². The minimum absolute atomic E-state index is 0.427. The van der Waals surface area contributed by atoms with Crippen LogP contribution in [0.1, 0.15) is 12.8 Å². The molecule has 148 valence electrons. The standard InChI is InChI=1S/C19H28IN5O2/c1-3-18(26)22(2)19(27)25(21)11-5-4-10-23-12-14-24(15-13-23)17-8-6-16(20)7-9-17/h3,6-9H,1,4-5,10-15,21H2,2H3. The van der Waals surface area contributed by atoms with Crippen molar-refractivity contribution in [3.05, 3.63) is 40.5 Å². The molecule has 1 aliphatic heterocycles. The fraction of sp³-hybridized carbons (Fsp3) is 0.474. The van der Waals surface area contributed by atoms with Crippen molar-refractivity contribution >= 4 is 40.2 Å². The van der Waals surface area contributed by atoms with Crippen LogP contribution in [0.25, 0.3) is 0 Å². The summed E-state index contributed by atoms with van der Waals surface area (Å²) in [7, 11) is 1.40. The van der Waals surface area contributed by atoms with Crippen LogP contribution in [0.4, 0.5) is 10.5 Å². The molecule has 1 fully saturated rings. The monoisotopic (exact) mass is 485 g/mol. The van der Waals surface area contributed by atoms with E-state index in [1.54, 1.807) is 0 Å². The van der Waals surface area contributed by atoms with E-state index in [2.05, 4.69) is 63.2 Å². The molecule has 1 saturated heterocycles. The van der Waals surface area contributed by atoms with Gasteiger partial charge in [0.15, 0.2) is 0 Å². The fourth-order valence-electron chi connectivity index (χ4n) is 3.02. The molecule has 0 unspecified atom stereocenters. The van der Waals surface area contributed by atoms with Gasteiger partial charge in [-0.25, -0.2) is 10.6 Å². The lowest BCUT2D eigenvalue weighted by Crippen LogP contribution is -2.48. The highest BCUT2D eigenvalue weighted by Gasteiger charge is 2.19. The lowest BCUT2D eigenvalue weighted by atomic mass is 10.2. The molecule has 1 aromatic rings. The molecule has 2 rings (SSSR count). The van der Waals surface area contributed by atoms with Crippen molar-refractivity contribution in [3.8, 4) is 0 Å². The zero-order chi connectivity index (χ0) is 19.8. The van der Waals surface area contributed by atoms with Crippen molar-refractivity contribution in [1.29, 1.82) is 0 Å². The van der Waals surface area contributed by atoms with Gasteiger partial charge in [0.2, 0.25) is 0 Å². The van der Waals surface area contributed by atoms with Crippen LogP contribution in [-0.2, 0) is 4.79 Å². The Hall–Kier alpha value is -1.65. The number of unbranched alkanes of at least 4 members (excludes halogenated alkanes) is 1. The second kappa shape index (κ2) is 10.6. The van der Waals surface area contributed by atoms with Gasteiger partial charge in [-0.2, -0.15) is 0 Å². The van der Waals surface area contributed by atoms with Gasteiger partial charge in [0.25, 0.3) is 5.91 Å². The van der Waals surface area contributed by atoms with Crippen LogP contribution in [0.2, 0.25) is 0 Å². The molecule has 0 spiro atoms. The minimum atomic E-state index is -0.508. The topological polar surface area (TPSA) is 73.1 Å². The first kappa shape index (κ1) is 21.6. The third-order valence-corrected chi connectivity index (χ3v) is 5.44. The summed E-state index contributed by atoms with van der Waals surface area (Å²) < 4.78 is 1.25. The number of nitrogens with two attached hydrogens (primary N) is 1.